The molecule has 0 aromatic carbocycles. The molecule has 2 heterocycles. The second-order valence-electron chi connectivity index (χ2n) is 2.32. The molecule has 0 unspecified atom stereocenters. The maximum Gasteiger partial charge on any atom is 0.161 e. The minimum atomic E-state index is 0.607. The summed E-state index contributed by atoms with van der Waals surface area (Å²) in [6.07, 6.45) is 2.47. The third kappa shape index (κ3) is 1.87. The number of aromatic nitrogens is 4. The van der Waals surface area contributed by atoms with Crippen molar-refractivity contribution in [3.05, 3.63) is 11.2 Å². The summed E-state index contributed by atoms with van der Waals surface area (Å²) in [6.45, 7) is 0.607. The summed E-state index contributed by atoms with van der Waals surface area (Å²) in [7, 11) is 0. The van der Waals surface area contributed by atoms with Gasteiger partial charge in [0.05, 0.1) is 6.20 Å². The second-order valence-corrected chi connectivity index (χ2v) is 4.17. The molecule has 68 valence electrons. The van der Waals surface area contributed by atoms with Crippen molar-refractivity contribution in [2.75, 3.05) is 6.54 Å². The van der Waals surface area contributed by atoms with E-state index in [4.69, 9.17) is 5.73 Å². The SMILES string of the molecule is NCCc1nnc(-c2cnns2)s1. The molecule has 13 heavy (non-hydrogen) atoms. The fourth-order valence-electron chi connectivity index (χ4n) is 0.839. The molecule has 2 rings (SSSR count). The molecule has 0 aliphatic carbocycles. The molecule has 0 saturated heterocycles. The van der Waals surface area contributed by atoms with Crippen LogP contribution in [0.3, 0.4) is 0 Å². The molecule has 2 aromatic heterocycles. The summed E-state index contributed by atoms with van der Waals surface area (Å²) in [5, 5.41) is 13.6. The molecule has 0 atom stereocenters. The van der Waals surface area contributed by atoms with Crippen molar-refractivity contribution in [1.82, 2.24) is 19.8 Å². The van der Waals surface area contributed by atoms with Gasteiger partial charge in [-0.2, -0.15) is 0 Å². The van der Waals surface area contributed by atoms with Crippen molar-refractivity contribution >= 4 is 22.9 Å². The fourth-order valence-corrected chi connectivity index (χ4v) is 2.23. The Bertz CT molecular complexity index is 368. The van der Waals surface area contributed by atoms with Crippen molar-refractivity contribution < 1.29 is 0 Å². The Morgan fingerprint density at radius 1 is 1.38 bits per heavy atom. The Hall–Kier alpha value is -0.920. The zero-order valence-corrected chi connectivity index (χ0v) is 8.31. The zero-order chi connectivity index (χ0) is 9.10. The van der Waals surface area contributed by atoms with Crippen LogP contribution in [0.25, 0.3) is 9.88 Å². The van der Waals surface area contributed by atoms with Gasteiger partial charge >= 0.3 is 0 Å². The first-order valence-electron chi connectivity index (χ1n) is 3.70. The Morgan fingerprint density at radius 3 is 3.00 bits per heavy atom. The molecule has 0 radical (unpaired) electrons. The van der Waals surface area contributed by atoms with Crippen LogP contribution in [0.1, 0.15) is 5.01 Å². The average Bonchev–Trinajstić information content (AvgIpc) is 2.70. The van der Waals surface area contributed by atoms with E-state index in [0.717, 1.165) is 21.3 Å². The van der Waals surface area contributed by atoms with E-state index in [1.165, 1.54) is 11.5 Å². The minimum Gasteiger partial charge on any atom is -0.330 e. The molecular formula is C6H7N5S2. The summed E-state index contributed by atoms with van der Waals surface area (Å²) < 4.78 is 3.76. The van der Waals surface area contributed by atoms with E-state index in [9.17, 15) is 0 Å². The van der Waals surface area contributed by atoms with E-state index < -0.39 is 0 Å². The first-order chi connectivity index (χ1) is 6.40. The van der Waals surface area contributed by atoms with E-state index in [0.29, 0.717) is 6.54 Å². The van der Waals surface area contributed by atoms with Gasteiger partial charge in [-0.25, -0.2) is 0 Å². The summed E-state index contributed by atoms with van der Waals surface area (Å²) >= 11 is 2.87. The van der Waals surface area contributed by atoms with Crippen LogP contribution in [-0.2, 0) is 6.42 Å². The lowest BCUT2D eigenvalue weighted by molar-refractivity contribution is 0.914. The van der Waals surface area contributed by atoms with Gasteiger partial charge in [0, 0.05) is 6.42 Å². The molecule has 0 spiro atoms. The highest BCUT2D eigenvalue weighted by atomic mass is 32.1. The number of rotatable bonds is 3. The van der Waals surface area contributed by atoms with Crippen LogP contribution in [0.5, 0.6) is 0 Å². The molecule has 0 aliphatic rings. The van der Waals surface area contributed by atoms with Crippen molar-refractivity contribution in [2.24, 2.45) is 5.73 Å². The van der Waals surface area contributed by atoms with E-state index in [1.54, 1.807) is 17.5 Å². The van der Waals surface area contributed by atoms with E-state index in [-0.39, 0.29) is 0 Å². The van der Waals surface area contributed by atoms with Gasteiger partial charge in [0.25, 0.3) is 0 Å². The van der Waals surface area contributed by atoms with Gasteiger partial charge in [0.1, 0.15) is 9.88 Å². The Balaban J connectivity index is 2.23. The lowest BCUT2D eigenvalue weighted by Crippen LogP contribution is -2.01. The number of hydrogen-bond donors (Lipinski definition) is 1. The monoisotopic (exact) mass is 213 g/mol. The topological polar surface area (TPSA) is 77.6 Å². The normalized spacial score (nSPS) is 10.5. The van der Waals surface area contributed by atoms with Crippen LogP contribution in [0.2, 0.25) is 0 Å². The van der Waals surface area contributed by atoms with Crippen LogP contribution in [0.4, 0.5) is 0 Å². The van der Waals surface area contributed by atoms with Crippen LogP contribution in [0.15, 0.2) is 6.20 Å². The first-order valence-corrected chi connectivity index (χ1v) is 5.29. The predicted molar refractivity (Wildman–Crippen MR) is 51.6 cm³/mol. The highest BCUT2D eigenvalue weighted by molar-refractivity contribution is 7.19. The summed E-state index contributed by atoms with van der Waals surface area (Å²) in [4.78, 5) is 0.959. The Labute approximate surface area is 82.8 Å². The van der Waals surface area contributed by atoms with E-state index in [1.807, 2.05) is 0 Å². The molecule has 2 aromatic rings. The van der Waals surface area contributed by atoms with Gasteiger partial charge < -0.3 is 5.73 Å². The maximum absolute atomic E-state index is 5.41. The zero-order valence-electron chi connectivity index (χ0n) is 6.67. The van der Waals surface area contributed by atoms with Crippen molar-refractivity contribution in [2.45, 2.75) is 6.42 Å². The van der Waals surface area contributed by atoms with Crippen LogP contribution < -0.4 is 5.73 Å². The van der Waals surface area contributed by atoms with Gasteiger partial charge in [-0.3, -0.25) is 0 Å². The van der Waals surface area contributed by atoms with Crippen LogP contribution in [-0.4, -0.2) is 26.3 Å². The lowest BCUT2D eigenvalue weighted by atomic mass is 10.5. The number of nitrogens with zero attached hydrogens (tertiary/aromatic N) is 4. The molecule has 0 bridgehead atoms. The minimum absolute atomic E-state index is 0.607. The lowest BCUT2D eigenvalue weighted by Gasteiger charge is -1.84. The first kappa shape index (κ1) is 8.67. The second kappa shape index (κ2) is 3.86. The summed E-state index contributed by atoms with van der Waals surface area (Å²) in [6, 6.07) is 0. The molecule has 0 amide bonds. The van der Waals surface area contributed by atoms with Crippen molar-refractivity contribution in [3.63, 3.8) is 0 Å². The summed E-state index contributed by atoms with van der Waals surface area (Å²) in [5.41, 5.74) is 5.41. The molecule has 5 nitrogen and oxygen atoms in total. The van der Waals surface area contributed by atoms with Gasteiger partial charge in [0.2, 0.25) is 0 Å². The largest absolute Gasteiger partial charge is 0.330 e. The number of hydrogen-bond acceptors (Lipinski definition) is 7. The third-order valence-electron chi connectivity index (χ3n) is 1.40. The maximum atomic E-state index is 5.41. The quantitative estimate of drug-likeness (QED) is 0.806. The van der Waals surface area contributed by atoms with E-state index in [2.05, 4.69) is 19.8 Å². The molecule has 0 fully saturated rings. The van der Waals surface area contributed by atoms with Gasteiger partial charge in [-0.05, 0) is 18.1 Å². The molecule has 0 aliphatic heterocycles. The summed E-state index contributed by atoms with van der Waals surface area (Å²) in [5.74, 6) is 0. The van der Waals surface area contributed by atoms with Crippen LogP contribution >= 0.6 is 22.9 Å². The fraction of sp³-hybridized carbons (Fsp3) is 0.333. The van der Waals surface area contributed by atoms with E-state index >= 15 is 0 Å². The van der Waals surface area contributed by atoms with Gasteiger partial charge in [-0.1, -0.05) is 15.8 Å². The highest BCUT2D eigenvalue weighted by Crippen LogP contribution is 2.24. The molecular weight excluding hydrogens is 206 g/mol. The standard InChI is InChI=1S/C6H7N5S2/c7-2-1-5-9-10-6(12-5)4-3-8-11-13-4/h3H,1-2,7H2. The predicted octanol–water partition coefficient (Wildman–Crippen LogP) is 0.558. The smallest absolute Gasteiger partial charge is 0.161 e. The highest BCUT2D eigenvalue weighted by Gasteiger charge is 2.07. The Morgan fingerprint density at radius 2 is 2.31 bits per heavy atom. The number of nitrogens with two attached hydrogens (primary N) is 1. The third-order valence-corrected chi connectivity index (χ3v) is 3.21. The molecule has 0 saturated carbocycles. The van der Waals surface area contributed by atoms with Crippen molar-refractivity contribution in [3.8, 4) is 9.88 Å². The van der Waals surface area contributed by atoms with Gasteiger partial charge in [-0.15, -0.1) is 15.3 Å². The van der Waals surface area contributed by atoms with Gasteiger partial charge in [0.15, 0.2) is 5.01 Å². The Kier molecular flexibility index (Phi) is 2.57. The molecule has 7 heteroatoms. The molecule has 2 N–H and O–H groups in total. The average molecular weight is 213 g/mol. The van der Waals surface area contributed by atoms with Crippen LogP contribution in [0, 0.1) is 0 Å². The van der Waals surface area contributed by atoms with Crippen molar-refractivity contribution in [1.29, 1.82) is 0 Å².